The van der Waals surface area contributed by atoms with Gasteiger partial charge in [0.1, 0.15) is 0 Å². The quantitative estimate of drug-likeness (QED) is 0.847. The summed E-state index contributed by atoms with van der Waals surface area (Å²) in [5.41, 5.74) is 0. The van der Waals surface area contributed by atoms with E-state index in [0.717, 1.165) is 39.0 Å². The number of carbonyl (C=O) groups excluding carboxylic acids is 1. The predicted molar refractivity (Wildman–Crippen MR) is 73.5 cm³/mol. The maximum absolute atomic E-state index is 12.4. The van der Waals surface area contributed by atoms with E-state index in [-0.39, 0.29) is 6.03 Å². The molecule has 0 aromatic heterocycles. The van der Waals surface area contributed by atoms with Crippen LogP contribution in [0.25, 0.3) is 0 Å². The van der Waals surface area contributed by atoms with Gasteiger partial charge in [0.2, 0.25) is 0 Å². The first-order chi connectivity index (χ1) is 9.61. The van der Waals surface area contributed by atoms with Crippen molar-refractivity contribution in [3.63, 3.8) is 0 Å². The number of carbonyl (C=O) groups is 2. The molecular formula is C14H24N2O4. The molecule has 0 unspecified atom stereocenters. The number of nitrogens with zero attached hydrogens (tertiary/aromatic N) is 2. The van der Waals surface area contributed by atoms with Crippen LogP contribution in [0.2, 0.25) is 0 Å². The summed E-state index contributed by atoms with van der Waals surface area (Å²) in [4.78, 5) is 27.0. The maximum Gasteiger partial charge on any atom is 0.320 e. The smallest absolute Gasteiger partial charge is 0.320 e. The number of ether oxygens (including phenoxy) is 1. The molecule has 0 spiro atoms. The second-order valence-electron chi connectivity index (χ2n) is 5.79. The summed E-state index contributed by atoms with van der Waals surface area (Å²) in [7, 11) is 1.71. The Morgan fingerprint density at radius 3 is 2.45 bits per heavy atom. The Labute approximate surface area is 119 Å². The summed E-state index contributed by atoms with van der Waals surface area (Å²) in [6.45, 7) is 3.29. The van der Waals surface area contributed by atoms with Crippen LogP contribution in [-0.2, 0) is 9.53 Å². The molecule has 0 aliphatic carbocycles. The van der Waals surface area contributed by atoms with Crippen molar-refractivity contribution in [2.45, 2.75) is 25.7 Å². The van der Waals surface area contributed by atoms with Gasteiger partial charge in [-0.3, -0.25) is 4.79 Å². The Morgan fingerprint density at radius 2 is 1.85 bits per heavy atom. The summed E-state index contributed by atoms with van der Waals surface area (Å²) in [6.07, 6.45) is 3.39. The van der Waals surface area contributed by atoms with Crippen molar-refractivity contribution < 1.29 is 19.4 Å². The van der Waals surface area contributed by atoms with Crippen LogP contribution in [-0.4, -0.2) is 66.8 Å². The van der Waals surface area contributed by atoms with Crippen molar-refractivity contribution in [3.8, 4) is 0 Å². The molecule has 114 valence electrons. The first-order valence-electron chi connectivity index (χ1n) is 7.37. The van der Waals surface area contributed by atoms with Crippen molar-refractivity contribution in [3.05, 3.63) is 0 Å². The van der Waals surface area contributed by atoms with Crippen LogP contribution in [0.15, 0.2) is 0 Å². The van der Waals surface area contributed by atoms with Gasteiger partial charge in [-0.2, -0.15) is 0 Å². The van der Waals surface area contributed by atoms with Gasteiger partial charge in [0.15, 0.2) is 0 Å². The molecule has 0 aromatic carbocycles. The second-order valence-corrected chi connectivity index (χ2v) is 5.79. The van der Waals surface area contributed by atoms with Crippen LogP contribution in [0.5, 0.6) is 0 Å². The molecule has 0 saturated carbocycles. The number of hydrogen-bond donors (Lipinski definition) is 1. The lowest BCUT2D eigenvalue weighted by molar-refractivity contribution is -0.143. The molecule has 2 aliphatic heterocycles. The highest BCUT2D eigenvalue weighted by molar-refractivity contribution is 5.76. The number of aliphatic carboxylic acids is 1. The zero-order chi connectivity index (χ0) is 14.5. The monoisotopic (exact) mass is 284 g/mol. The van der Waals surface area contributed by atoms with Gasteiger partial charge < -0.3 is 19.6 Å². The molecule has 20 heavy (non-hydrogen) atoms. The molecule has 2 amide bonds. The second kappa shape index (κ2) is 6.92. The Morgan fingerprint density at radius 1 is 1.15 bits per heavy atom. The van der Waals surface area contributed by atoms with E-state index >= 15 is 0 Å². The molecule has 2 rings (SSSR count). The van der Waals surface area contributed by atoms with Crippen molar-refractivity contribution in [2.24, 2.45) is 11.8 Å². The fourth-order valence-electron chi connectivity index (χ4n) is 3.08. The average Bonchev–Trinajstić information content (AvgIpc) is 2.48. The normalized spacial score (nSPS) is 24.8. The third-order valence-electron chi connectivity index (χ3n) is 4.33. The third-order valence-corrected chi connectivity index (χ3v) is 4.33. The lowest BCUT2D eigenvalue weighted by Gasteiger charge is -2.38. The minimum Gasteiger partial charge on any atom is -0.481 e. The number of likely N-dealkylation sites (tertiary alicyclic amines) is 2. The van der Waals surface area contributed by atoms with Gasteiger partial charge in [0, 0.05) is 39.9 Å². The van der Waals surface area contributed by atoms with Gasteiger partial charge in [-0.15, -0.1) is 0 Å². The zero-order valence-corrected chi connectivity index (χ0v) is 12.1. The van der Waals surface area contributed by atoms with Crippen molar-refractivity contribution in [2.75, 3.05) is 39.9 Å². The van der Waals surface area contributed by atoms with E-state index in [4.69, 9.17) is 9.84 Å². The topological polar surface area (TPSA) is 70.1 Å². The molecule has 2 aliphatic rings. The zero-order valence-electron chi connectivity index (χ0n) is 12.1. The lowest BCUT2D eigenvalue weighted by atomic mass is 9.97. The lowest BCUT2D eigenvalue weighted by Crippen LogP contribution is -2.51. The highest BCUT2D eigenvalue weighted by Gasteiger charge is 2.32. The van der Waals surface area contributed by atoms with Crippen LogP contribution >= 0.6 is 0 Å². The molecule has 2 fully saturated rings. The van der Waals surface area contributed by atoms with Gasteiger partial charge in [-0.25, -0.2) is 4.79 Å². The summed E-state index contributed by atoms with van der Waals surface area (Å²) < 4.78 is 5.15. The van der Waals surface area contributed by atoms with Gasteiger partial charge in [-0.05, 0) is 31.6 Å². The first-order valence-corrected chi connectivity index (χ1v) is 7.37. The number of hydrogen-bond acceptors (Lipinski definition) is 3. The number of methoxy groups -OCH3 is 1. The largest absolute Gasteiger partial charge is 0.481 e. The first kappa shape index (κ1) is 15.1. The summed E-state index contributed by atoms with van der Waals surface area (Å²) in [5, 5.41) is 9.08. The number of piperidine rings is 2. The molecule has 6 nitrogen and oxygen atoms in total. The minimum atomic E-state index is -0.790. The number of carboxylic acids is 1. The maximum atomic E-state index is 12.4. The van der Waals surface area contributed by atoms with E-state index in [9.17, 15) is 9.59 Å². The molecule has 0 radical (unpaired) electrons. The minimum absolute atomic E-state index is 0.00631. The van der Waals surface area contributed by atoms with Crippen LogP contribution in [0.3, 0.4) is 0 Å². The Balaban J connectivity index is 1.84. The summed E-state index contributed by atoms with van der Waals surface area (Å²) in [5.74, 6) is -0.655. The molecule has 2 heterocycles. The molecule has 0 aromatic rings. The van der Waals surface area contributed by atoms with Crippen LogP contribution < -0.4 is 0 Å². The number of urea groups is 1. The van der Waals surface area contributed by atoms with E-state index in [1.165, 1.54) is 0 Å². The average molecular weight is 284 g/mol. The van der Waals surface area contributed by atoms with E-state index < -0.39 is 11.9 Å². The fourth-order valence-corrected chi connectivity index (χ4v) is 3.08. The molecular weight excluding hydrogens is 260 g/mol. The number of amides is 2. The van der Waals surface area contributed by atoms with E-state index in [0.29, 0.717) is 25.4 Å². The Bertz CT molecular complexity index is 353. The van der Waals surface area contributed by atoms with Gasteiger partial charge in [-0.1, -0.05) is 0 Å². The van der Waals surface area contributed by atoms with Gasteiger partial charge in [0.05, 0.1) is 5.92 Å². The molecule has 0 bridgehead atoms. The SMILES string of the molecule is COCC1CCN(C(=O)N2CCC[C@@H](C(=O)O)C2)CC1. The van der Waals surface area contributed by atoms with E-state index in [2.05, 4.69) is 0 Å². The fraction of sp³-hybridized carbons (Fsp3) is 0.857. The highest BCUT2D eigenvalue weighted by Crippen LogP contribution is 2.22. The van der Waals surface area contributed by atoms with Gasteiger partial charge in [0.25, 0.3) is 0 Å². The van der Waals surface area contributed by atoms with Gasteiger partial charge >= 0.3 is 12.0 Å². The molecule has 6 heteroatoms. The third kappa shape index (κ3) is 3.62. The molecule has 2 saturated heterocycles. The Hall–Kier alpha value is -1.30. The van der Waals surface area contributed by atoms with Crippen LogP contribution in [0, 0.1) is 11.8 Å². The van der Waals surface area contributed by atoms with Crippen LogP contribution in [0.4, 0.5) is 4.79 Å². The predicted octanol–water partition coefficient (Wildman–Crippen LogP) is 1.26. The highest BCUT2D eigenvalue weighted by atomic mass is 16.5. The van der Waals surface area contributed by atoms with Crippen molar-refractivity contribution in [1.29, 1.82) is 0 Å². The van der Waals surface area contributed by atoms with Crippen LogP contribution in [0.1, 0.15) is 25.7 Å². The van der Waals surface area contributed by atoms with E-state index in [1.54, 1.807) is 12.0 Å². The number of rotatable bonds is 3. The number of carboxylic acid groups (broad SMARTS) is 1. The summed E-state index contributed by atoms with van der Waals surface area (Å²) in [6, 6.07) is 0.00631. The molecule has 1 atom stereocenters. The molecule has 1 N–H and O–H groups in total. The van der Waals surface area contributed by atoms with E-state index in [1.807, 2.05) is 4.90 Å². The van der Waals surface area contributed by atoms with Crippen molar-refractivity contribution in [1.82, 2.24) is 9.80 Å². The van der Waals surface area contributed by atoms with Crippen molar-refractivity contribution >= 4 is 12.0 Å². The summed E-state index contributed by atoms with van der Waals surface area (Å²) >= 11 is 0. The Kier molecular flexibility index (Phi) is 5.23. The standard InChI is InChI=1S/C14H24N2O4/c1-20-10-11-4-7-15(8-5-11)14(19)16-6-2-3-12(9-16)13(17)18/h11-12H,2-10H2,1H3,(H,17,18)/t12-/m1/s1.